The van der Waals surface area contributed by atoms with Crippen molar-refractivity contribution in [2.75, 3.05) is 5.75 Å². The number of thioether (sulfide) groups is 1. The van der Waals surface area contributed by atoms with Gasteiger partial charge in [0.15, 0.2) is 6.10 Å². The van der Waals surface area contributed by atoms with Gasteiger partial charge in [-0.2, -0.15) is 0 Å². The molecule has 1 N–H and O–H groups in total. The van der Waals surface area contributed by atoms with E-state index in [-0.39, 0.29) is 17.0 Å². The summed E-state index contributed by atoms with van der Waals surface area (Å²) in [6.45, 7) is 5.27. The number of aromatic nitrogens is 1. The van der Waals surface area contributed by atoms with E-state index >= 15 is 0 Å². The summed E-state index contributed by atoms with van der Waals surface area (Å²) < 4.78 is 22.4. The molecule has 0 aromatic carbocycles. The molecule has 0 bridgehead atoms. The van der Waals surface area contributed by atoms with Gasteiger partial charge in [0.2, 0.25) is 11.2 Å². The third-order valence-corrected chi connectivity index (χ3v) is 6.04. The van der Waals surface area contributed by atoms with Crippen molar-refractivity contribution in [3.05, 3.63) is 53.7 Å². The van der Waals surface area contributed by atoms with Gasteiger partial charge in [-0.1, -0.05) is 6.07 Å². The molecule has 0 amide bonds. The fourth-order valence-electron chi connectivity index (χ4n) is 3.92. The number of carbonyl (C=O) groups excluding carboxylic acids is 3. The van der Waals surface area contributed by atoms with Crippen LogP contribution in [0.5, 0.6) is 0 Å². The zero-order valence-electron chi connectivity index (χ0n) is 17.5. The lowest BCUT2D eigenvalue weighted by Crippen LogP contribution is -2.69. The molecule has 9 nitrogen and oxygen atoms in total. The molecule has 0 radical (unpaired) electrons. The molecule has 0 aliphatic carbocycles. The Morgan fingerprint density at radius 1 is 1.10 bits per heavy atom. The number of aliphatic hydroxyl groups is 1. The Kier molecular flexibility index (Phi) is 6.42. The van der Waals surface area contributed by atoms with E-state index in [4.69, 9.17) is 18.6 Å². The highest BCUT2D eigenvalue weighted by atomic mass is 32.2. The van der Waals surface area contributed by atoms with Gasteiger partial charge in [-0.15, -0.1) is 11.8 Å². The topological polar surface area (TPSA) is 125 Å². The van der Waals surface area contributed by atoms with Crippen LogP contribution in [0.3, 0.4) is 0 Å². The number of furan rings is 1. The first-order valence-corrected chi connectivity index (χ1v) is 10.5. The maximum Gasteiger partial charge on any atom is 0.303 e. The minimum absolute atomic E-state index is 0.0461. The van der Waals surface area contributed by atoms with Crippen LogP contribution in [0.4, 0.5) is 0 Å². The fourth-order valence-corrected chi connectivity index (χ4v) is 5.18. The minimum Gasteiger partial charge on any atom is -0.472 e. The van der Waals surface area contributed by atoms with Crippen LogP contribution in [0.2, 0.25) is 0 Å². The summed E-state index contributed by atoms with van der Waals surface area (Å²) in [6.07, 6.45) is 1.46. The highest BCUT2D eigenvalue weighted by Crippen LogP contribution is 2.57. The van der Waals surface area contributed by atoms with Crippen LogP contribution < -0.4 is 0 Å². The lowest BCUT2D eigenvalue weighted by molar-refractivity contribution is -0.267. The number of hydrogen-bond acceptors (Lipinski definition) is 10. The van der Waals surface area contributed by atoms with Crippen LogP contribution in [-0.4, -0.2) is 45.3 Å². The lowest BCUT2D eigenvalue weighted by atomic mass is 9.71. The maximum absolute atomic E-state index is 12.4. The Morgan fingerprint density at radius 2 is 1.77 bits per heavy atom. The second-order valence-corrected chi connectivity index (χ2v) is 8.23. The van der Waals surface area contributed by atoms with Gasteiger partial charge >= 0.3 is 17.9 Å². The van der Waals surface area contributed by atoms with Crippen LogP contribution in [0.15, 0.2) is 41.2 Å². The van der Waals surface area contributed by atoms with Crippen molar-refractivity contribution < 1.29 is 38.1 Å². The summed E-state index contributed by atoms with van der Waals surface area (Å²) >= 11 is 0.984. The molecule has 1 aliphatic heterocycles. The molecule has 3 heterocycles. The van der Waals surface area contributed by atoms with E-state index < -0.39 is 40.6 Å². The van der Waals surface area contributed by atoms with Gasteiger partial charge < -0.3 is 23.7 Å². The van der Waals surface area contributed by atoms with Gasteiger partial charge in [0, 0.05) is 37.8 Å². The molecule has 0 spiro atoms. The molecule has 0 unspecified atom stereocenters. The van der Waals surface area contributed by atoms with E-state index in [1.807, 2.05) is 0 Å². The number of esters is 3. The Bertz CT molecular complexity index is 978. The number of hydrogen-bond donors (Lipinski definition) is 1. The number of aryl methyl sites for hydroxylation is 1. The quantitative estimate of drug-likeness (QED) is 0.536. The number of rotatable bonds is 5. The standard InChI is InChI=1S/C21H23NO8S/c1-12-6-5-7-17(22-12)21(30-15(4)25)18(28-13(2)23)11-31-19(26)20(21,29-14(3)24)16-8-9-27-10-16/h5-10,18-19,26H,11H2,1-4H3/t18-,19-,20+,21+/m1/s1. The summed E-state index contributed by atoms with van der Waals surface area (Å²) in [4.78, 5) is 41.3. The van der Waals surface area contributed by atoms with Gasteiger partial charge in [-0.05, 0) is 25.1 Å². The number of nitrogens with zero attached hydrogens (tertiary/aromatic N) is 1. The zero-order valence-corrected chi connectivity index (χ0v) is 18.3. The van der Waals surface area contributed by atoms with Crippen LogP contribution in [-0.2, 0) is 39.8 Å². The normalized spacial score (nSPS) is 27.9. The SMILES string of the molecule is CC(=O)O[C@@H]1CS[C@@H](O)[C@@](OC(C)=O)(c2ccoc2)[C@]1(OC(C)=O)c1cccc(C)n1. The fraction of sp³-hybridized carbons (Fsp3) is 0.429. The molecule has 2 aromatic rings. The van der Waals surface area contributed by atoms with Crippen molar-refractivity contribution in [3.8, 4) is 0 Å². The summed E-state index contributed by atoms with van der Waals surface area (Å²) in [6, 6.07) is 6.45. The van der Waals surface area contributed by atoms with Crippen LogP contribution >= 0.6 is 11.8 Å². The van der Waals surface area contributed by atoms with Crippen LogP contribution in [0.1, 0.15) is 37.7 Å². The van der Waals surface area contributed by atoms with Crippen LogP contribution in [0.25, 0.3) is 0 Å². The molecule has 10 heteroatoms. The van der Waals surface area contributed by atoms with Crippen molar-refractivity contribution in [2.45, 2.75) is 50.4 Å². The Balaban J connectivity index is 2.46. The average Bonchev–Trinajstić information content (AvgIpc) is 3.21. The molecule has 1 saturated heterocycles. The van der Waals surface area contributed by atoms with E-state index in [0.29, 0.717) is 5.69 Å². The first-order valence-electron chi connectivity index (χ1n) is 9.46. The highest BCUT2D eigenvalue weighted by molar-refractivity contribution is 7.99. The molecule has 3 rings (SSSR count). The van der Waals surface area contributed by atoms with E-state index in [1.54, 1.807) is 25.1 Å². The zero-order chi connectivity index (χ0) is 22.8. The molecule has 166 valence electrons. The average molecular weight is 449 g/mol. The van der Waals surface area contributed by atoms with Crippen molar-refractivity contribution in [3.63, 3.8) is 0 Å². The van der Waals surface area contributed by atoms with Gasteiger partial charge in [0.05, 0.1) is 18.2 Å². The first kappa shape index (κ1) is 22.8. The van der Waals surface area contributed by atoms with Gasteiger partial charge in [0.1, 0.15) is 5.44 Å². The smallest absolute Gasteiger partial charge is 0.303 e. The molecule has 1 fully saturated rings. The predicted octanol–water partition coefficient (Wildman–Crippen LogP) is 2.20. The second-order valence-electron chi connectivity index (χ2n) is 7.12. The van der Waals surface area contributed by atoms with E-state index in [2.05, 4.69) is 4.98 Å². The van der Waals surface area contributed by atoms with Crippen LogP contribution in [0, 0.1) is 6.92 Å². The Labute approximate surface area is 183 Å². The first-order chi connectivity index (χ1) is 14.6. The molecular weight excluding hydrogens is 426 g/mol. The number of ether oxygens (including phenoxy) is 3. The Morgan fingerprint density at radius 3 is 2.32 bits per heavy atom. The minimum atomic E-state index is -2.03. The number of aliphatic hydroxyl groups excluding tert-OH is 1. The monoisotopic (exact) mass is 449 g/mol. The third kappa shape index (κ3) is 3.92. The highest BCUT2D eigenvalue weighted by Gasteiger charge is 2.72. The molecule has 1 aliphatic rings. The summed E-state index contributed by atoms with van der Waals surface area (Å²) in [5, 5.41) is 11.3. The van der Waals surface area contributed by atoms with Gasteiger partial charge in [-0.3, -0.25) is 19.4 Å². The maximum atomic E-state index is 12.4. The number of pyridine rings is 1. The van der Waals surface area contributed by atoms with E-state index in [0.717, 1.165) is 18.7 Å². The lowest BCUT2D eigenvalue weighted by Gasteiger charge is -2.54. The van der Waals surface area contributed by atoms with E-state index in [9.17, 15) is 19.5 Å². The second kappa shape index (κ2) is 8.72. The molecule has 2 aromatic heterocycles. The Hall–Kier alpha value is -2.85. The van der Waals surface area contributed by atoms with Gasteiger partial charge in [0.25, 0.3) is 0 Å². The molecular formula is C21H23NO8S. The summed E-state index contributed by atoms with van der Waals surface area (Å²) in [5.74, 6) is -2.10. The molecule has 0 saturated carbocycles. The molecule has 4 atom stereocenters. The largest absolute Gasteiger partial charge is 0.472 e. The predicted molar refractivity (Wildman–Crippen MR) is 109 cm³/mol. The summed E-state index contributed by atoms with van der Waals surface area (Å²) in [5.41, 5.74) is -4.51. The molecule has 31 heavy (non-hydrogen) atoms. The van der Waals surface area contributed by atoms with E-state index in [1.165, 1.54) is 32.4 Å². The third-order valence-electron chi connectivity index (χ3n) is 4.89. The van der Waals surface area contributed by atoms with Gasteiger partial charge in [-0.25, -0.2) is 0 Å². The van der Waals surface area contributed by atoms with Crippen molar-refractivity contribution in [1.82, 2.24) is 4.98 Å². The number of carbonyl (C=O) groups is 3. The summed E-state index contributed by atoms with van der Waals surface area (Å²) in [7, 11) is 0. The van der Waals surface area contributed by atoms with Crippen molar-refractivity contribution in [1.29, 1.82) is 0 Å². The van der Waals surface area contributed by atoms with Crippen molar-refractivity contribution in [2.24, 2.45) is 0 Å². The van der Waals surface area contributed by atoms with Crippen molar-refractivity contribution >= 4 is 29.7 Å².